The van der Waals surface area contributed by atoms with Crippen molar-refractivity contribution in [3.63, 3.8) is 0 Å². The zero-order valence-corrected chi connectivity index (χ0v) is 11.2. The number of hydrogen-bond acceptors (Lipinski definition) is 4. The summed E-state index contributed by atoms with van der Waals surface area (Å²) in [5.74, 6) is 1.19. The zero-order chi connectivity index (χ0) is 13.0. The number of hydrogen-bond donors (Lipinski definition) is 1. The molecule has 1 heterocycles. The summed E-state index contributed by atoms with van der Waals surface area (Å²) < 4.78 is 5.19. The molecule has 0 fully saturated rings. The quantitative estimate of drug-likeness (QED) is 0.901. The number of nitrogens with one attached hydrogen (secondary N) is 1. The minimum atomic E-state index is 0.441. The van der Waals surface area contributed by atoms with Crippen LogP contribution in [0.5, 0.6) is 0 Å². The Kier molecular flexibility index (Phi) is 4.33. The standard InChI is InChI=1S/C13H16ClN3O/c1-3-9(2)15-8-12-16-13(17-18-12)10-4-6-11(14)7-5-10/h4-7,9,15H,3,8H2,1-2H3. The van der Waals surface area contributed by atoms with E-state index in [-0.39, 0.29) is 0 Å². The van der Waals surface area contributed by atoms with Crippen molar-refractivity contribution in [1.82, 2.24) is 15.5 Å². The average Bonchev–Trinajstić information content (AvgIpc) is 2.85. The Hall–Kier alpha value is -1.39. The van der Waals surface area contributed by atoms with Crippen molar-refractivity contribution in [3.05, 3.63) is 35.2 Å². The van der Waals surface area contributed by atoms with Crippen LogP contribution in [0.4, 0.5) is 0 Å². The zero-order valence-electron chi connectivity index (χ0n) is 10.5. The molecule has 0 amide bonds. The van der Waals surface area contributed by atoms with Crippen LogP contribution in [-0.2, 0) is 6.54 Å². The first-order chi connectivity index (χ1) is 8.69. The molecule has 2 aromatic rings. The third kappa shape index (κ3) is 3.31. The van der Waals surface area contributed by atoms with Gasteiger partial charge in [-0.3, -0.25) is 0 Å². The molecule has 0 aliphatic carbocycles. The van der Waals surface area contributed by atoms with Crippen molar-refractivity contribution in [1.29, 1.82) is 0 Å². The maximum Gasteiger partial charge on any atom is 0.240 e. The van der Waals surface area contributed by atoms with Crippen LogP contribution in [0.15, 0.2) is 28.8 Å². The van der Waals surface area contributed by atoms with Crippen molar-refractivity contribution in [2.24, 2.45) is 0 Å². The summed E-state index contributed by atoms with van der Waals surface area (Å²) in [4.78, 5) is 4.33. The van der Waals surface area contributed by atoms with E-state index in [1.165, 1.54) is 0 Å². The number of benzene rings is 1. The van der Waals surface area contributed by atoms with E-state index in [1.54, 1.807) is 0 Å². The molecule has 0 spiro atoms. The third-order valence-electron chi connectivity index (χ3n) is 2.78. The lowest BCUT2D eigenvalue weighted by atomic mass is 10.2. The molecule has 1 unspecified atom stereocenters. The first-order valence-electron chi connectivity index (χ1n) is 6.01. The highest BCUT2D eigenvalue weighted by Crippen LogP contribution is 2.18. The van der Waals surface area contributed by atoms with Crippen molar-refractivity contribution in [2.75, 3.05) is 0 Å². The molecule has 0 saturated carbocycles. The van der Waals surface area contributed by atoms with E-state index in [2.05, 4.69) is 29.3 Å². The number of rotatable bonds is 5. The fourth-order valence-electron chi connectivity index (χ4n) is 1.45. The highest BCUT2D eigenvalue weighted by molar-refractivity contribution is 6.30. The van der Waals surface area contributed by atoms with Crippen molar-refractivity contribution in [2.45, 2.75) is 32.9 Å². The predicted octanol–water partition coefficient (Wildman–Crippen LogP) is 3.28. The van der Waals surface area contributed by atoms with E-state index in [4.69, 9.17) is 16.1 Å². The minimum Gasteiger partial charge on any atom is -0.338 e. The largest absolute Gasteiger partial charge is 0.338 e. The van der Waals surface area contributed by atoms with Gasteiger partial charge in [-0.2, -0.15) is 4.98 Å². The molecule has 4 nitrogen and oxygen atoms in total. The van der Waals surface area contributed by atoms with E-state index in [1.807, 2.05) is 24.3 Å². The normalized spacial score (nSPS) is 12.6. The third-order valence-corrected chi connectivity index (χ3v) is 3.04. The van der Waals surface area contributed by atoms with Crippen molar-refractivity contribution < 1.29 is 4.52 Å². The van der Waals surface area contributed by atoms with Crippen LogP contribution in [0.1, 0.15) is 26.2 Å². The topological polar surface area (TPSA) is 51.0 Å². The van der Waals surface area contributed by atoms with Crippen molar-refractivity contribution in [3.8, 4) is 11.4 Å². The smallest absolute Gasteiger partial charge is 0.240 e. The molecule has 0 aliphatic rings. The lowest BCUT2D eigenvalue weighted by molar-refractivity contribution is 0.358. The first kappa shape index (κ1) is 13.1. The molecule has 0 aliphatic heterocycles. The van der Waals surface area contributed by atoms with Gasteiger partial charge in [0.25, 0.3) is 0 Å². The lowest BCUT2D eigenvalue weighted by Crippen LogP contribution is -2.24. The van der Waals surface area contributed by atoms with Crippen LogP contribution in [0.3, 0.4) is 0 Å². The number of halogens is 1. The van der Waals surface area contributed by atoms with Crippen LogP contribution in [0.2, 0.25) is 5.02 Å². The molecule has 0 radical (unpaired) electrons. The molecule has 5 heteroatoms. The van der Waals surface area contributed by atoms with E-state index < -0.39 is 0 Å². The number of nitrogens with zero attached hydrogens (tertiary/aromatic N) is 2. The second-order valence-corrected chi connectivity index (χ2v) is 4.65. The molecular weight excluding hydrogens is 250 g/mol. The van der Waals surface area contributed by atoms with Gasteiger partial charge >= 0.3 is 0 Å². The van der Waals surface area contributed by atoms with Gasteiger partial charge in [-0.05, 0) is 37.6 Å². The molecule has 0 saturated heterocycles. The minimum absolute atomic E-state index is 0.441. The molecule has 1 aromatic carbocycles. The van der Waals surface area contributed by atoms with Gasteiger partial charge in [0.1, 0.15) is 0 Å². The Balaban J connectivity index is 2.03. The summed E-state index contributed by atoms with van der Waals surface area (Å²) in [5, 5.41) is 7.95. The van der Waals surface area contributed by atoms with Gasteiger partial charge in [-0.25, -0.2) is 0 Å². The first-order valence-corrected chi connectivity index (χ1v) is 6.38. The van der Waals surface area contributed by atoms with Gasteiger partial charge in [0.2, 0.25) is 11.7 Å². The SMILES string of the molecule is CCC(C)NCc1nc(-c2ccc(Cl)cc2)no1. The average molecular weight is 266 g/mol. The van der Waals surface area contributed by atoms with Crippen LogP contribution in [0, 0.1) is 0 Å². The molecule has 2 rings (SSSR count). The van der Waals surface area contributed by atoms with E-state index in [0.29, 0.717) is 29.3 Å². The van der Waals surface area contributed by atoms with Gasteiger partial charge < -0.3 is 9.84 Å². The maximum atomic E-state index is 5.83. The van der Waals surface area contributed by atoms with Crippen molar-refractivity contribution >= 4 is 11.6 Å². The molecule has 0 bridgehead atoms. The van der Waals surface area contributed by atoms with Gasteiger partial charge in [-0.15, -0.1) is 0 Å². The fraction of sp³-hybridized carbons (Fsp3) is 0.385. The molecular formula is C13H16ClN3O. The predicted molar refractivity (Wildman–Crippen MR) is 71.3 cm³/mol. The Morgan fingerprint density at radius 3 is 2.72 bits per heavy atom. The van der Waals surface area contributed by atoms with E-state index >= 15 is 0 Å². The Bertz CT molecular complexity index is 495. The molecule has 18 heavy (non-hydrogen) atoms. The second-order valence-electron chi connectivity index (χ2n) is 4.21. The molecule has 1 N–H and O–H groups in total. The molecule has 1 aromatic heterocycles. The highest BCUT2D eigenvalue weighted by Gasteiger charge is 2.09. The summed E-state index contributed by atoms with van der Waals surface area (Å²) in [6.45, 7) is 4.84. The van der Waals surface area contributed by atoms with E-state index in [9.17, 15) is 0 Å². The Morgan fingerprint density at radius 1 is 1.33 bits per heavy atom. The van der Waals surface area contributed by atoms with Crippen LogP contribution in [0.25, 0.3) is 11.4 Å². The number of aromatic nitrogens is 2. The monoisotopic (exact) mass is 265 g/mol. The highest BCUT2D eigenvalue weighted by atomic mass is 35.5. The molecule has 1 atom stereocenters. The summed E-state index contributed by atoms with van der Waals surface area (Å²) in [7, 11) is 0. The van der Waals surface area contributed by atoms with Gasteiger partial charge in [-0.1, -0.05) is 23.7 Å². The Labute approximate surface area is 111 Å². The Morgan fingerprint density at radius 2 is 2.06 bits per heavy atom. The summed E-state index contributed by atoms with van der Waals surface area (Å²) in [6, 6.07) is 7.81. The van der Waals surface area contributed by atoms with Crippen LogP contribution in [-0.4, -0.2) is 16.2 Å². The van der Waals surface area contributed by atoms with Crippen LogP contribution >= 0.6 is 11.6 Å². The molecule has 96 valence electrons. The summed E-state index contributed by atoms with van der Waals surface area (Å²) in [5.41, 5.74) is 0.901. The van der Waals surface area contributed by atoms with E-state index in [0.717, 1.165) is 12.0 Å². The fourth-order valence-corrected chi connectivity index (χ4v) is 1.57. The second kappa shape index (κ2) is 5.98. The summed E-state index contributed by atoms with van der Waals surface area (Å²) >= 11 is 5.83. The van der Waals surface area contributed by atoms with Crippen LogP contribution < -0.4 is 5.32 Å². The van der Waals surface area contributed by atoms with Gasteiger partial charge in [0.05, 0.1) is 6.54 Å². The lowest BCUT2D eigenvalue weighted by Gasteiger charge is -2.07. The van der Waals surface area contributed by atoms with Gasteiger partial charge in [0, 0.05) is 16.6 Å². The van der Waals surface area contributed by atoms with Gasteiger partial charge in [0.15, 0.2) is 0 Å². The maximum absolute atomic E-state index is 5.83. The summed E-state index contributed by atoms with van der Waals surface area (Å²) in [6.07, 6.45) is 1.07.